The zero-order valence-corrected chi connectivity index (χ0v) is 12.0. The van der Waals surface area contributed by atoms with Crippen molar-refractivity contribution in [3.05, 3.63) is 0 Å². The van der Waals surface area contributed by atoms with Crippen molar-refractivity contribution in [1.82, 2.24) is 10.6 Å². The maximum atomic E-state index is 11.8. The predicted molar refractivity (Wildman–Crippen MR) is 72.5 cm³/mol. The van der Waals surface area contributed by atoms with E-state index in [4.69, 9.17) is 4.74 Å². The lowest BCUT2D eigenvalue weighted by Crippen LogP contribution is -2.46. The van der Waals surface area contributed by atoms with Crippen LogP contribution in [-0.2, 0) is 9.53 Å². The number of hydrogen-bond donors (Lipinski definition) is 3. The number of rotatable bonds is 10. The zero-order chi connectivity index (χ0) is 14.0. The van der Waals surface area contributed by atoms with Gasteiger partial charge in [-0.15, -0.1) is 0 Å². The van der Waals surface area contributed by atoms with Crippen molar-refractivity contribution in [3.8, 4) is 0 Å². The Bertz CT molecular complexity index is 220. The summed E-state index contributed by atoms with van der Waals surface area (Å²) in [4.78, 5) is 11.8. The second-order valence-corrected chi connectivity index (χ2v) is 4.60. The summed E-state index contributed by atoms with van der Waals surface area (Å²) in [5.74, 6) is 0.0185. The van der Waals surface area contributed by atoms with Crippen molar-refractivity contribution in [1.29, 1.82) is 0 Å². The standard InChI is InChI=1S/C13H28N2O3/c1-5-11(6-2)15-13(17)10(3)14-8-7-12(16)9-18-4/h10-12,14,16H,5-9H2,1-4H3,(H,15,17). The van der Waals surface area contributed by atoms with Gasteiger partial charge in [-0.25, -0.2) is 0 Å². The third-order valence-corrected chi connectivity index (χ3v) is 3.01. The molecule has 0 aromatic carbocycles. The minimum absolute atomic E-state index is 0.0185. The Morgan fingerprint density at radius 2 is 1.94 bits per heavy atom. The molecule has 0 aliphatic heterocycles. The maximum absolute atomic E-state index is 11.8. The molecule has 5 nitrogen and oxygen atoms in total. The molecule has 5 heteroatoms. The Morgan fingerprint density at radius 1 is 1.33 bits per heavy atom. The van der Waals surface area contributed by atoms with E-state index in [2.05, 4.69) is 24.5 Å². The second-order valence-electron chi connectivity index (χ2n) is 4.60. The maximum Gasteiger partial charge on any atom is 0.237 e. The van der Waals surface area contributed by atoms with Crippen LogP contribution >= 0.6 is 0 Å². The first-order valence-electron chi connectivity index (χ1n) is 6.75. The number of carbonyl (C=O) groups is 1. The Morgan fingerprint density at radius 3 is 2.44 bits per heavy atom. The highest BCUT2D eigenvalue weighted by atomic mass is 16.5. The quantitative estimate of drug-likeness (QED) is 0.540. The van der Waals surface area contributed by atoms with Crippen LogP contribution in [0.25, 0.3) is 0 Å². The van der Waals surface area contributed by atoms with Crippen molar-refractivity contribution in [2.45, 2.75) is 58.2 Å². The molecule has 0 rings (SSSR count). The molecule has 3 N–H and O–H groups in total. The molecular weight excluding hydrogens is 232 g/mol. The van der Waals surface area contributed by atoms with Gasteiger partial charge in [0.25, 0.3) is 0 Å². The van der Waals surface area contributed by atoms with Gasteiger partial charge in [-0.1, -0.05) is 13.8 Å². The number of aliphatic hydroxyl groups is 1. The SMILES string of the molecule is CCC(CC)NC(=O)C(C)NCCC(O)COC. The summed E-state index contributed by atoms with van der Waals surface area (Å²) >= 11 is 0. The molecule has 0 bridgehead atoms. The topological polar surface area (TPSA) is 70.6 Å². The molecule has 0 radical (unpaired) electrons. The number of aliphatic hydroxyl groups excluding tert-OH is 1. The average molecular weight is 260 g/mol. The van der Waals surface area contributed by atoms with Gasteiger partial charge in [0, 0.05) is 13.2 Å². The summed E-state index contributed by atoms with van der Waals surface area (Å²) in [6, 6.07) is 0.0150. The Hall–Kier alpha value is -0.650. The average Bonchev–Trinajstić information content (AvgIpc) is 2.35. The first-order chi connectivity index (χ1) is 8.54. The summed E-state index contributed by atoms with van der Waals surface area (Å²) in [6.07, 6.45) is 2.00. The summed E-state index contributed by atoms with van der Waals surface area (Å²) < 4.78 is 4.83. The first kappa shape index (κ1) is 17.4. The van der Waals surface area contributed by atoms with Crippen LogP contribution in [0.1, 0.15) is 40.0 Å². The van der Waals surface area contributed by atoms with Crippen LogP contribution in [0.4, 0.5) is 0 Å². The Balaban J connectivity index is 3.80. The fourth-order valence-corrected chi connectivity index (χ4v) is 1.65. The summed E-state index contributed by atoms with van der Waals surface area (Å²) in [5.41, 5.74) is 0. The van der Waals surface area contributed by atoms with Gasteiger partial charge in [0.05, 0.1) is 18.8 Å². The molecule has 2 atom stereocenters. The predicted octanol–water partition coefficient (Wildman–Crippen LogP) is 0.667. The number of amides is 1. The van der Waals surface area contributed by atoms with Crippen LogP contribution in [0.15, 0.2) is 0 Å². The van der Waals surface area contributed by atoms with E-state index >= 15 is 0 Å². The summed E-state index contributed by atoms with van der Waals surface area (Å²) in [5, 5.41) is 15.5. The van der Waals surface area contributed by atoms with Gasteiger partial charge >= 0.3 is 0 Å². The van der Waals surface area contributed by atoms with Crippen LogP contribution in [0.2, 0.25) is 0 Å². The van der Waals surface area contributed by atoms with E-state index in [0.29, 0.717) is 19.6 Å². The number of hydrogen-bond acceptors (Lipinski definition) is 4. The summed E-state index contributed by atoms with van der Waals surface area (Å²) in [6.45, 7) is 6.89. The molecule has 0 fully saturated rings. The number of methoxy groups -OCH3 is 1. The van der Waals surface area contributed by atoms with Crippen LogP contribution in [0.5, 0.6) is 0 Å². The highest BCUT2D eigenvalue weighted by molar-refractivity contribution is 5.81. The lowest BCUT2D eigenvalue weighted by Gasteiger charge is -2.19. The van der Waals surface area contributed by atoms with Gasteiger partial charge in [0.2, 0.25) is 5.91 Å². The summed E-state index contributed by atoms with van der Waals surface area (Å²) in [7, 11) is 1.56. The minimum atomic E-state index is -0.475. The van der Waals surface area contributed by atoms with Gasteiger partial charge in [-0.3, -0.25) is 4.79 Å². The normalized spacial score (nSPS) is 14.6. The van der Waals surface area contributed by atoms with Gasteiger partial charge in [0.1, 0.15) is 0 Å². The van der Waals surface area contributed by atoms with Gasteiger partial charge < -0.3 is 20.5 Å². The smallest absolute Gasteiger partial charge is 0.237 e. The van der Waals surface area contributed by atoms with E-state index in [1.165, 1.54) is 0 Å². The molecule has 18 heavy (non-hydrogen) atoms. The molecule has 0 saturated carbocycles. The van der Waals surface area contributed by atoms with Crippen molar-refractivity contribution in [3.63, 3.8) is 0 Å². The number of carbonyl (C=O) groups excluding carboxylic acids is 1. The lowest BCUT2D eigenvalue weighted by molar-refractivity contribution is -0.123. The molecule has 108 valence electrons. The van der Waals surface area contributed by atoms with Crippen LogP contribution < -0.4 is 10.6 Å². The van der Waals surface area contributed by atoms with Gasteiger partial charge in [-0.2, -0.15) is 0 Å². The molecule has 0 aliphatic carbocycles. The number of nitrogens with one attached hydrogen (secondary N) is 2. The van der Waals surface area contributed by atoms with E-state index in [1.807, 2.05) is 6.92 Å². The van der Waals surface area contributed by atoms with E-state index in [1.54, 1.807) is 7.11 Å². The first-order valence-corrected chi connectivity index (χ1v) is 6.75. The van der Waals surface area contributed by atoms with Crippen LogP contribution in [0.3, 0.4) is 0 Å². The molecule has 0 heterocycles. The number of ether oxygens (including phenoxy) is 1. The third kappa shape index (κ3) is 7.63. The lowest BCUT2D eigenvalue weighted by atomic mass is 10.1. The highest BCUT2D eigenvalue weighted by Gasteiger charge is 2.15. The monoisotopic (exact) mass is 260 g/mol. The Labute approximate surface area is 110 Å². The van der Waals surface area contributed by atoms with Crippen LogP contribution in [-0.4, -0.2) is 49.5 Å². The van der Waals surface area contributed by atoms with E-state index in [9.17, 15) is 9.90 Å². The molecular formula is C13H28N2O3. The van der Waals surface area contributed by atoms with Gasteiger partial charge in [0.15, 0.2) is 0 Å². The fourth-order valence-electron chi connectivity index (χ4n) is 1.65. The van der Waals surface area contributed by atoms with Crippen molar-refractivity contribution >= 4 is 5.91 Å². The van der Waals surface area contributed by atoms with Crippen molar-refractivity contribution in [2.75, 3.05) is 20.3 Å². The molecule has 1 amide bonds. The molecule has 0 saturated heterocycles. The van der Waals surface area contributed by atoms with Crippen molar-refractivity contribution < 1.29 is 14.6 Å². The third-order valence-electron chi connectivity index (χ3n) is 3.01. The zero-order valence-electron chi connectivity index (χ0n) is 12.0. The minimum Gasteiger partial charge on any atom is -0.391 e. The molecule has 0 aromatic heterocycles. The van der Waals surface area contributed by atoms with Crippen molar-refractivity contribution in [2.24, 2.45) is 0 Å². The highest BCUT2D eigenvalue weighted by Crippen LogP contribution is 1.97. The molecule has 0 spiro atoms. The van der Waals surface area contributed by atoms with E-state index < -0.39 is 6.10 Å². The largest absolute Gasteiger partial charge is 0.391 e. The fraction of sp³-hybridized carbons (Fsp3) is 0.923. The van der Waals surface area contributed by atoms with Crippen LogP contribution in [0, 0.1) is 0 Å². The Kier molecular flexibility index (Phi) is 9.92. The van der Waals surface area contributed by atoms with E-state index in [-0.39, 0.29) is 18.0 Å². The molecule has 2 unspecified atom stereocenters. The second kappa shape index (κ2) is 10.3. The molecule has 0 aliphatic rings. The van der Waals surface area contributed by atoms with E-state index in [0.717, 1.165) is 12.8 Å². The van der Waals surface area contributed by atoms with Gasteiger partial charge in [-0.05, 0) is 32.7 Å². The molecule has 0 aromatic rings.